The van der Waals surface area contributed by atoms with Crippen molar-refractivity contribution < 1.29 is 19.1 Å². The zero-order valence-electron chi connectivity index (χ0n) is 16.5. The molecule has 0 aromatic heterocycles. The molecular weight excluding hydrogens is 418 g/mol. The predicted molar refractivity (Wildman–Crippen MR) is 118 cm³/mol. The summed E-state index contributed by atoms with van der Waals surface area (Å²) in [5.74, 6) is -1.89. The first-order valence-electron chi connectivity index (χ1n) is 9.21. The molecule has 3 rings (SSSR count). The number of rotatable bonds is 5. The lowest BCUT2D eigenvalue weighted by Gasteiger charge is -2.07. The van der Waals surface area contributed by atoms with Gasteiger partial charge < -0.3 is 10.1 Å². The fraction of sp³-hybridized carbons (Fsp3) is 0.0435. The summed E-state index contributed by atoms with van der Waals surface area (Å²) in [5, 5.41) is 6.80. The van der Waals surface area contributed by atoms with Crippen molar-refractivity contribution in [2.45, 2.75) is 6.92 Å². The van der Waals surface area contributed by atoms with Crippen molar-refractivity contribution in [1.82, 2.24) is 5.43 Å². The summed E-state index contributed by atoms with van der Waals surface area (Å²) >= 11 is 5.85. The highest BCUT2D eigenvalue weighted by atomic mass is 35.5. The van der Waals surface area contributed by atoms with Gasteiger partial charge in [-0.25, -0.2) is 10.2 Å². The van der Waals surface area contributed by atoms with E-state index in [1.54, 1.807) is 73.7 Å². The van der Waals surface area contributed by atoms with Crippen LogP contribution >= 0.6 is 11.6 Å². The predicted octanol–water partition coefficient (Wildman–Crippen LogP) is 4.04. The van der Waals surface area contributed by atoms with Gasteiger partial charge in [0.15, 0.2) is 0 Å². The first-order valence-corrected chi connectivity index (χ1v) is 9.59. The summed E-state index contributed by atoms with van der Waals surface area (Å²) in [6.45, 7) is 1.67. The van der Waals surface area contributed by atoms with Gasteiger partial charge in [-0.05, 0) is 67.1 Å². The fourth-order valence-corrected chi connectivity index (χ4v) is 2.70. The van der Waals surface area contributed by atoms with Crippen molar-refractivity contribution >= 4 is 40.8 Å². The molecule has 0 unspecified atom stereocenters. The Hall–Kier alpha value is -3.97. The average molecular weight is 436 g/mol. The van der Waals surface area contributed by atoms with E-state index < -0.39 is 17.8 Å². The highest BCUT2D eigenvalue weighted by Crippen LogP contribution is 2.16. The van der Waals surface area contributed by atoms with E-state index in [0.717, 1.165) is 0 Å². The maximum Gasteiger partial charge on any atom is 0.343 e. The highest BCUT2D eigenvalue weighted by Gasteiger charge is 2.13. The Morgan fingerprint density at radius 1 is 0.839 bits per heavy atom. The molecule has 0 aliphatic rings. The topological polar surface area (TPSA) is 96.9 Å². The third-order valence-corrected chi connectivity index (χ3v) is 4.34. The number of hydrogen-bond acceptors (Lipinski definition) is 5. The minimum absolute atomic E-state index is 0.371. The Kier molecular flexibility index (Phi) is 7.13. The van der Waals surface area contributed by atoms with Gasteiger partial charge in [-0.3, -0.25) is 9.59 Å². The zero-order valence-corrected chi connectivity index (χ0v) is 17.2. The maximum absolute atomic E-state index is 12.1. The highest BCUT2D eigenvalue weighted by molar-refractivity contribution is 6.40. The molecule has 7 nitrogen and oxygen atoms in total. The van der Waals surface area contributed by atoms with Crippen LogP contribution in [0.2, 0.25) is 5.02 Å². The van der Waals surface area contributed by atoms with Crippen LogP contribution in [0.1, 0.15) is 22.8 Å². The first-order chi connectivity index (χ1) is 14.9. The maximum atomic E-state index is 12.1. The largest absolute Gasteiger partial charge is 0.423 e. The van der Waals surface area contributed by atoms with Crippen molar-refractivity contribution in [3.63, 3.8) is 0 Å². The van der Waals surface area contributed by atoms with Crippen molar-refractivity contribution in [3.05, 3.63) is 95.0 Å². The van der Waals surface area contributed by atoms with E-state index in [0.29, 0.717) is 33.3 Å². The molecular formula is C23H18ClN3O4. The Morgan fingerprint density at radius 3 is 2.23 bits per heavy atom. The van der Waals surface area contributed by atoms with Gasteiger partial charge in [0.25, 0.3) is 0 Å². The standard InChI is InChI=1S/C23H18ClN3O4/c1-15(26-27-22(29)21(28)25-19-9-5-8-18(24)14-19)16-10-12-20(13-11-16)31-23(30)17-6-3-2-4-7-17/h2-14H,1H3,(H,25,28)(H,27,29)/b26-15+. The van der Waals surface area contributed by atoms with Crippen molar-refractivity contribution in [2.75, 3.05) is 5.32 Å². The van der Waals surface area contributed by atoms with Crippen LogP contribution < -0.4 is 15.5 Å². The summed E-state index contributed by atoms with van der Waals surface area (Å²) in [6, 6.07) is 21.7. The molecule has 0 saturated heterocycles. The van der Waals surface area contributed by atoms with Crippen LogP contribution in [-0.2, 0) is 9.59 Å². The van der Waals surface area contributed by atoms with Crippen molar-refractivity contribution in [2.24, 2.45) is 5.10 Å². The molecule has 0 bridgehead atoms. The Bertz CT molecular complexity index is 1130. The number of hydrogen-bond donors (Lipinski definition) is 2. The molecule has 0 aliphatic heterocycles. The average Bonchev–Trinajstić information content (AvgIpc) is 2.78. The van der Waals surface area contributed by atoms with Gasteiger partial charge in [-0.15, -0.1) is 0 Å². The van der Waals surface area contributed by atoms with Crippen LogP contribution in [0.3, 0.4) is 0 Å². The number of hydrazone groups is 1. The molecule has 156 valence electrons. The van der Waals surface area contributed by atoms with Gasteiger partial charge in [-0.2, -0.15) is 5.10 Å². The van der Waals surface area contributed by atoms with Crippen LogP contribution in [0.25, 0.3) is 0 Å². The van der Waals surface area contributed by atoms with E-state index in [1.165, 1.54) is 6.07 Å². The van der Waals surface area contributed by atoms with Gasteiger partial charge >= 0.3 is 17.8 Å². The van der Waals surface area contributed by atoms with Gasteiger partial charge in [0.1, 0.15) is 5.75 Å². The summed E-state index contributed by atoms with van der Waals surface area (Å²) in [4.78, 5) is 36.0. The number of esters is 1. The molecule has 0 atom stereocenters. The number of nitrogens with zero attached hydrogens (tertiary/aromatic N) is 1. The Labute approximate surface area is 183 Å². The number of amides is 2. The quantitative estimate of drug-likeness (QED) is 0.208. The molecule has 0 aliphatic carbocycles. The van der Waals surface area contributed by atoms with E-state index in [-0.39, 0.29) is 0 Å². The lowest BCUT2D eigenvalue weighted by molar-refractivity contribution is -0.136. The molecule has 2 amide bonds. The molecule has 0 radical (unpaired) electrons. The minimum atomic E-state index is -0.923. The molecule has 0 heterocycles. The second-order valence-corrected chi connectivity index (χ2v) is 6.82. The van der Waals surface area contributed by atoms with Crippen LogP contribution in [-0.4, -0.2) is 23.5 Å². The smallest absolute Gasteiger partial charge is 0.343 e. The van der Waals surface area contributed by atoms with E-state index in [9.17, 15) is 14.4 Å². The first kappa shape index (κ1) is 21.7. The number of nitrogens with one attached hydrogen (secondary N) is 2. The van der Waals surface area contributed by atoms with E-state index in [1.807, 2.05) is 6.07 Å². The third-order valence-electron chi connectivity index (χ3n) is 4.11. The molecule has 3 aromatic carbocycles. The molecule has 0 saturated carbocycles. The van der Waals surface area contributed by atoms with Crippen LogP contribution in [0, 0.1) is 0 Å². The van der Waals surface area contributed by atoms with Crippen LogP contribution in [0.4, 0.5) is 5.69 Å². The monoisotopic (exact) mass is 435 g/mol. The van der Waals surface area contributed by atoms with Crippen LogP contribution in [0.5, 0.6) is 5.75 Å². The number of carbonyl (C=O) groups excluding carboxylic acids is 3. The Balaban J connectivity index is 1.56. The van der Waals surface area contributed by atoms with E-state index in [4.69, 9.17) is 16.3 Å². The van der Waals surface area contributed by atoms with Gasteiger partial charge in [0, 0.05) is 10.7 Å². The minimum Gasteiger partial charge on any atom is -0.423 e. The molecule has 3 aromatic rings. The van der Waals surface area contributed by atoms with E-state index >= 15 is 0 Å². The Morgan fingerprint density at radius 2 is 1.55 bits per heavy atom. The lowest BCUT2D eigenvalue weighted by atomic mass is 10.1. The van der Waals surface area contributed by atoms with Gasteiger partial charge in [-0.1, -0.05) is 35.9 Å². The molecule has 31 heavy (non-hydrogen) atoms. The molecule has 8 heteroatoms. The van der Waals surface area contributed by atoms with Gasteiger partial charge in [0.05, 0.1) is 11.3 Å². The molecule has 0 fully saturated rings. The third kappa shape index (κ3) is 6.25. The SMILES string of the molecule is C/C(=N\NC(=O)C(=O)Nc1cccc(Cl)c1)c1ccc(OC(=O)c2ccccc2)cc1. The van der Waals surface area contributed by atoms with Crippen molar-refractivity contribution in [1.29, 1.82) is 0 Å². The number of benzene rings is 3. The van der Waals surface area contributed by atoms with Crippen molar-refractivity contribution in [3.8, 4) is 5.75 Å². The second-order valence-electron chi connectivity index (χ2n) is 6.38. The lowest BCUT2D eigenvalue weighted by Crippen LogP contribution is -2.32. The number of halogens is 1. The number of ether oxygens (including phenoxy) is 1. The van der Waals surface area contributed by atoms with E-state index in [2.05, 4.69) is 15.8 Å². The zero-order chi connectivity index (χ0) is 22.2. The van der Waals surface area contributed by atoms with Gasteiger partial charge in [0.2, 0.25) is 0 Å². The summed E-state index contributed by atoms with van der Waals surface area (Å²) in [6.07, 6.45) is 0. The second kappa shape index (κ2) is 10.2. The summed E-state index contributed by atoms with van der Waals surface area (Å²) in [5.41, 5.74) is 4.19. The fourth-order valence-electron chi connectivity index (χ4n) is 2.51. The normalized spacial score (nSPS) is 10.8. The summed E-state index contributed by atoms with van der Waals surface area (Å²) in [7, 11) is 0. The summed E-state index contributed by atoms with van der Waals surface area (Å²) < 4.78 is 5.32. The van der Waals surface area contributed by atoms with Crippen LogP contribution in [0.15, 0.2) is 84.0 Å². The molecule has 0 spiro atoms. The number of carbonyl (C=O) groups is 3. The molecule has 2 N–H and O–H groups in total. The number of anilines is 1.